The lowest BCUT2D eigenvalue weighted by Gasteiger charge is -2.22. The van der Waals surface area contributed by atoms with Gasteiger partial charge in [-0.3, -0.25) is 4.79 Å². The molecule has 1 aromatic carbocycles. The molecule has 0 saturated carbocycles. The molecule has 1 aliphatic heterocycles. The van der Waals surface area contributed by atoms with Crippen LogP contribution in [0.4, 0.5) is 0 Å². The molecular weight excluding hydrogens is 224 g/mol. The molecule has 0 spiro atoms. The van der Waals surface area contributed by atoms with Crippen molar-refractivity contribution in [2.24, 2.45) is 0 Å². The first-order chi connectivity index (χ1) is 7.34. The summed E-state index contributed by atoms with van der Waals surface area (Å²) in [5.74, 6) is -0.0691. The predicted octanol–water partition coefficient (Wildman–Crippen LogP) is 2.05. The van der Waals surface area contributed by atoms with Crippen molar-refractivity contribution >= 4 is 15.6 Å². The maximum Gasteiger partial charge on any atom is 0.182 e. The minimum absolute atomic E-state index is 0.0691. The van der Waals surface area contributed by atoms with Gasteiger partial charge in [-0.1, -0.05) is 0 Å². The lowest BCUT2D eigenvalue weighted by molar-refractivity contribution is 0.0975. The first kappa shape index (κ1) is 11.3. The Morgan fingerprint density at radius 2 is 1.75 bits per heavy atom. The summed E-state index contributed by atoms with van der Waals surface area (Å²) in [6.07, 6.45) is 0.0951. The van der Waals surface area contributed by atoms with Gasteiger partial charge in [-0.25, -0.2) is 8.42 Å². The number of hydrogen-bond acceptors (Lipinski definition) is 3. The topological polar surface area (TPSA) is 51.2 Å². The fraction of sp³-hybridized carbons (Fsp3) is 0.417. The highest BCUT2D eigenvalue weighted by atomic mass is 32.2. The number of hydrogen-bond donors (Lipinski definition) is 0. The molecule has 0 aromatic heterocycles. The van der Waals surface area contributed by atoms with Gasteiger partial charge in [-0.05, 0) is 44.0 Å². The van der Waals surface area contributed by atoms with Crippen LogP contribution >= 0.6 is 0 Å². The van der Waals surface area contributed by atoms with Gasteiger partial charge in [0, 0.05) is 12.0 Å². The SMILES string of the molecule is Cc1cc2c(cc1C)S(=O)(=O)C(C)CC2=O. The highest BCUT2D eigenvalue weighted by Crippen LogP contribution is 2.31. The van der Waals surface area contributed by atoms with Gasteiger partial charge in [0.1, 0.15) is 0 Å². The molecule has 3 nitrogen and oxygen atoms in total. The number of Topliss-reactive ketones (excluding diaryl/α,β-unsaturated/α-hetero) is 1. The third kappa shape index (κ3) is 1.48. The van der Waals surface area contributed by atoms with Gasteiger partial charge >= 0.3 is 0 Å². The van der Waals surface area contributed by atoms with Crippen molar-refractivity contribution in [2.75, 3.05) is 0 Å². The van der Waals surface area contributed by atoms with Crippen molar-refractivity contribution in [3.63, 3.8) is 0 Å². The molecule has 1 aliphatic rings. The second-order valence-corrected chi connectivity index (χ2v) is 6.75. The number of rotatable bonds is 0. The smallest absolute Gasteiger partial charge is 0.182 e. The van der Waals surface area contributed by atoms with Crippen LogP contribution in [0.3, 0.4) is 0 Å². The van der Waals surface area contributed by atoms with Crippen LogP contribution in [0.15, 0.2) is 17.0 Å². The Kier molecular flexibility index (Phi) is 2.42. The van der Waals surface area contributed by atoms with Crippen LogP contribution < -0.4 is 0 Å². The number of benzene rings is 1. The molecule has 0 N–H and O–H groups in total. The van der Waals surface area contributed by atoms with Crippen molar-refractivity contribution in [3.05, 3.63) is 28.8 Å². The fourth-order valence-electron chi connectivity index (χ4n) is 1.94. The highest BCUT2D eigenvalue weighted by molar-refractivity contribution is 7.92. The number of aryl methyl sites for hydroxylation is 2. The van der Waals surface area contributed by atoms with E-state index in [1.807, 2.05) is 13.8 Å². The van der Waals surface area contributed by atoms with Gasteiger partial charge in [0.15, 0.2) is 15.6 Å². The van der Waals surface area contributed by atoms with Crippen LogP contribution in [0.25, 0.3) is 0 Å². The second-order valence-electron chi connectivity index (χ2n) is 4.42. The molecule has 0 radical (unpaired) electrons. The first-order valence-corrected chi connectivity index (χ1v) is 6.77. The zero-order valence-corrected chi connectivity index (χ0v) is 10.4. The number of fused-ring (bicyclic) bond motifs is 1. The van der Waals surface area contributed by atoms with Crippen molar-refractivity contribution in [1.29, 1.82) is 0 Å². The maximum absolute atomic E-state index is 12.1. The lowest BCUT2D eigenvalue weighted by Crippen LogP contribution is -2.29. The molecule has 16 heavy (non-hydrogen) atoms. The largest absolute Gasteiger partial charge is 0.294 e. The van der Waals surface area contributed by atoms with E-state index in [1.165, 1.54) is 0 Å². The van der Waals surface area contributed by atoms with Crippen LogP contribution in [-0.2, 0) is 9.84 Å². The molecule has 4 heteroatoms. The quantitative estimate of drug-likeness (QED) is 0.695. The first-order valence-electron chi connectivity index (χ1n) is 5.22. The van der Waals surface area contributed by atoms with Crippen molar-refractivity contribution in [1.82, 2.24) is 0 Å². The molecule has 0 amide bonds. The van der Waals surface area contributed by atoms with Crippen molar-refractivity contribution in [2.45, 2.75) is 37.3 Å². The summed E-state index contributed by atoms with van der Waals surface area (Å²) in [4.78, 5) is 12.0. The van der Waals surface area contributed by atoms with Crippen LogP contribution in [0.5, 0.6) is 0 Å². The standard InChI is InChI=1S/C12H14O3S/c1-7-4-10-11(13)6-9(3)16(14,15)12(10)5-8(7)2/h4-5,9H,6H2,1-3H3. The minimum atomic E-state index is -3.31. The molecular formula is C12H14O3S. The molecule has 0 bridgehead atoms. The molecule has 1 aromatic rings. The van der Waals surface area contributed by atoms with Crippen LogP contribution in [-0.4, -0.2) is 19.5 Å². The molecule has 1 heterocycles. The van der Waals surface area contributed by atoms with E-state index in [2.05, 4.69) is 0 Å². The van der Waals surface area contributed by atoms with Crippen LogP contribution in [0.2, 0.25) is 0 Å². The summed E-state index contributed by atoms with van der Waals surface area (Å²) < 4.78 is 24.1. The average molecular weight is 238 g/mol. The van der Waals surface area contributed by atoms with Crippen LogP contribution in [0, 0.1) is 13.8 Å². The number of carbonyl (C=O) groups excluding carboxylic acids is 1. The molecule has 86 valence electrons. The maximum atomic E-state index is 12.1. The summed E-state index contributed by atoms with van der Waals surface area (Å²) in [6, 6.07) is 3.31. The summed E-state index contributed by atoms with van der Waals surface area (Å²) in [5, 5.41) is -0.602. The normalized spacial score (nSPS) is 22.9. The summed E-state index contributed by atoms with van der Waals surface area (Å²) >= 11 is 0. The molecule has 0 aliphatic carbocycles. The third-order valence-electron chi connectivity index (χ3n) is 3.21. The van der Waals surface area contributed by atoms with E-state index in [4.69, 9.17) is 0 Å². The van der Waals surface area contributed by atoms with E-state index >= 15 is 0 Å². The number of carbonyl (C=O) groups is 1. The monoisotopic (exact) mass is 238 g/mol. The fourth-order valence-corrected chi connectivity index (χ4v) is 3.57. The van der Waals surface area contributed by atoms with Crippen LogP contribution in [0.1, 0.15) is 34.8 Å². The Morgan fingerprint density at radius 3 is 2.38 bits per heavy atom. The number of ketones is 1. The van der Waals surface area contributed by atoms with E-state index in [9.17, 15) is 13.2 Å². The molecule has 1 atom stereocenters. The van der Waals surface area contributed by atoms with E-state index in [-0.39, 0.29) is 17.1 Å². The van der Waals surface area contributed by atoms with Gasteiger partial charge in [0.25, 0.3) is 0 Å². The average Bonchev–Trinajstić information content (AvgIpc) is 2.19. The Labute approximate surface area is 95.4 Å². The van der Waals surface area contributed by atoms with Gasteiger partial charge in [-0.15, -0.1) is 0 Å². The number of sulfone groups is 1. The van der Waals surface area contributed by atoms with E-state index < -0.39 is 15.1 Å². The van der Waals surface area contributed by atoms with Crippen molar-refractivity contribution in [3.8, 4) is 0 Å². The Hall–Kier alpha value is -1.16. The third-order valence-corrected chi connectivity index (χ3v) is 5.38. The zero-order chi connectivity index (χ0) is 12.1. The van der Waals surface area contributed by atoms with E-state index in [0.29, 0.717) is 5.56 Å². The molecule has 2 rings (SSSR count). The predicted molar refractivity (Wildman–Crippen MR) is 61.5 cm³/mol. The van der Waals surface area contributed by atoms with Gasteiger partial charge in [-0.2, -0.15) is 0 Å². The summed E-state index contributed by atoms with van der Waals surface area (Å²) in [6.45, 7) is 5.33. The van der Waals surface area contributed by atoms with E-state index in [1.54, 1.807) is 19.1 Å². The van der Waals surface area contributed by atoms with E-state index in [0.717, 1.165) is 11.1 Å². The van der Waals surface area contributed by atoms with Crippen molar-refractivity contribution < 1.29 is 13.2 Å². The van der Waals surface area contributed by atoms with Gasteiger partial charge < -0.3 is 0 Å². The summed E-state index contributed by atoms with van der Waals surface area (Å²) in [7, 11) is -3.31. The zero-order valence-electron chi connectivity index (χ0n) is 9.57. The Bertz CT molecular complexity index is 570. The second kappa shape index (κ2) is 3.42. The minimum Gasteiger partial charge on any atom is -0.294 e. The van der Waals surface area contributed by atoms with Gasteiger partial charge in [0.2, 0.25) is 0 Å². The Morgan fingerprint density at radius 1 is 1.19 bits per heavy atom. The molecule has 1 unspecified atom stereocenters. The Balaban J connectivity index is 2.81. The molecule has 0 fully saturated rings. The lowest BCUT2D eigenvalue weighted by atomic mass is 10.0. The highest BCUT2D eigenvalue weighted by Gasteiger charge is 2.35. The van der Waals surface area contributed by atoms with Gasteiger partial charge in [0.05, 0.1) is 10.1 Å². The summed E-state index contributed by atoms with van der Waals surface area (Å²) in [5.41, 5.74) is 2.22. The molecule has 0 saturated heterocycles.